The Morgan fingerprint density at radius 2 is 1.95 bits per heavy atom. The first-order valence-corrected chi connectivity index (χ1v) is 14.9. The molecule has 4 nitrogen and oxygen atoms in total. The van der Waals surface area contributed by atoms with E-state index in [-0.39, 0.29) is 5.41 Å². The van der Waals surface area contributed by atoms with Crippen molar-refractivity contribution in [2.45, 2.75) is 99.3 Å². The summed E-state index contributed by atoms with van der Waals surface area (Å²) in [5.74, 6) is 2.42. The number of amidine groups is 1. The van der Waals surface area contributed by atoms with Gasteiger partial charge in [-0.2, -0.15) is 0 Å². The topological polar surface area (TPSA) is 62.8 Å². The van der Waals surface area contributed by atoms with E-state index in [1.807, 2.05) is 20.2 Å². The maximum Gasteiger partial charge on any atom is 0.102 e. The summed E-state index contributed by atoms with van der Waals surface area (Å²) in [7, 11) is 2.00. The van der Waals surface area contributed by atoms with E-state index in [0.717, 1.165) is 55.7 Å². The van der Waals surface area contributed by atoms with Crippen LogP contribution in [0.25, 0.3) is 6.08 Å². The van der Waals surface area contributed by atoms with Crippen LogP contribution in [0.15, 0.2) is 63.9 Å². The third kappa shape index (κ3) is 6.83. The number of hydrogen-bond acceptors (Lipinski definition) is 3. The fourth-order valence-corrected chi connectivity index (χ4v) is 7.14. The highest BCUT2D eigenvalue weighted by atomic mass is 15.0. The molecule has 1 aromatic rings. The van der Waals surface area contributed by atoms with E-state index in [1.165, 1.54) is 40.0 Å². The summed E-state index contributed by atoms with van der Waals surface area (Å²) in [5.41, 5.74) is 16.6. The van der Waals surface area contributed by atoms with Crippen LogP contribution in [0.4, 0.5) is 5.69 Å². The minimum absolute atomic E-state index is 0.0859. The van der Waals surface area contributed by atoms with Gasteiger partial charge in [-0.25, -0.2) is 4.99 Å². The summed E-state index contributed by atoms with van der Waals surface area (Å²) in [4.78, 5) is 9.48. The number of benzene rings is 1. The summed E-state index contributed by atoms with van der Waals surface area (Å²) >= 11 is 0. The van der Waals surface area contributed by atoms with E-state index in [2.05, 4.69) is 88.8 Å². The van der Waals surface area contributed by atoms with Crippen LogP contribution < -0.4 is 11.1 Å². The highest BCUT2D eigenvalue weighted by Gasteiger charge is 2.51. The molecular formula is C35H52N4. The van der Waals surface area contributed by atoms with Gasteiger partial charge in [-0.1, -0.05) is 50.3 Å². The van der Waals surface area contributed by atoms with E-state index in [1.54, 1.807) is 0 Å². The lowest BCUT2D eigenvalue weighted by atomic mass is 9.68. The van der Waals surface area contributed by atoms with Gasteiger partial charge < -0.3 is 11.1 Å². The minimum atomic E-state index is 0.0859. The molecule has 1 saturated carbocycles. The van der Waals surface area contributed by atoms with Crippen LogP contribution in [0.5, 0.6) is 0 Å². The summed E-state index contributed by atoms with van der Waals surface area (Å²) in [6.07, 6.45) is 16.3. The van der Waals surface area contributed by atoms with E-state index in [9.17, 15) is 0 Å². The lowest BCUT2D eigenvalue weighted by molar-refractivity contribution is 0.197. The van der Waals surface area contributed by atoms with Crippen molar-refractivity contribution in [1.82, 2.24) is 5.32 Å². The number of nitrogens with one attached hydrogen (secondary N) is 1. The minimum Gasteiger partial charge on any atom is -0.398 e. The van der Waals surface area contributed by atoms with Crippen molar-refractivity contribution in [3.05, 3.63) is 70.6 Å². The lowest BCUT2D eigenvalue weighted by Gasteiger charge is -2.36. The summed E-state index contributed by atoms with van der Waals surface area (Å²) < 4.78 is 0. The Hall–Kier alpha value is -2.88. The molecule has 0 heterocycles. The maximum absolute atomic E-state index is 6.47. The highest BCUT2D eigenvalue weighted by molar-refractivity contribution is 6.07. The molecule has 212 valence electrons. The second-order valence-electron chi connectivity index (χ2n) is 12.1. The van der Waals surface area contributed by atoms with Gasteiger partial charge in [0.1, 0.15) is 5.84 Å². The molecule has 2 aliphatic carbocycles. The number of nitrogens with zero attached hydrogens (tertiary/aromatic N) is 2. The van der Waals surface area contributed by atoms with Crippen LogP contribution in [0.3, 0.4) is 0 Å². The van der Waals surface area contributed by atoms with Crippen molar-refractivity contribution in [2.24, 2.45) is 27.2 Å². The molecule has 0 saturated heterocycles. The number of allylic oxidation sites excluding steroid dienone is 5. The molecule has 0 aliphatic heterocycles. The second kappa shape index (κ2) is 13.5. The average Bonchev–Trinajstić information content (AvgIpc) is 3.13. The third-order valence-electron chi connectivity index (χ3n) is 9.01. The Bertz CT molecular complexity index is 1190. The van der Waals surface area contributed by atoms with Crippen LogP contribution in [-0.4, -0.2) is 18.6 Å². The first-order valence-electron chi connectivity index (χ1n) is 14.9. The molecule has 4 heteroatoms. The molecule has 1 fully saturated rings. The molecule has 4 atom stereocenters. The second-order valence-corrected chi connectivity index (χ2v) is 12.1. The maximum atomic E-state index is 6.47. The number of aliphatic imine (C=N–C) groups is 2. The van der Waals surface area contributed by atoms with Crippen LogP contribution in [0.2, 0.25) is 0 Å². The molecule has 3 rings (SSSR count). The average molecular weight is 529 g/mol. The Morgan fingerprint density at radius 3 is 2.59 bits per heavy atom. The van der Waals surface area contributed by atoms with Crippen molar-refractivity contribution in [2.75, 3.05) is 12.8 Å². The number of nitrogen functional groups attached to an aromatic ring is 1. The first kappa shape index (κ1) is 30.7. The largest absolute Gasteiger partial charge is 0.398 e. The monoisotopic (exact) mass is 528 g/mol. The first-order chi connectivity index (χ1) is 18.6. The summed E-state index contributed by atoms with van der Waals surface area (Å²) in [5, 5.41) is 3.42. The summed E-state index contributed by atoms with van der Waals surface area (Å²) in [6, 6.07) is 4.39. The van der Waals surface area contributed by atoms with E-state index >= 15 is 0 Å². The lowest BCUT2D eigenvalue weighted by Crippen LogP contribution is -2.32. The number of nitrogens with two attached hydrogens (primary N) is 1. The van der Waals surface area contributed by atoms with Gasteiger partial charge in [-0.3, -0.25) is 4.99 Å². The standard InChI is InChI=1S/C35H52N4/c1-10-13-31-29-14-12-15-32-30(17-16-25(6)39-26(7)38-22-23(3)4)27(11-2)34(37-9)35(32,8)21-20-24(5)28(29)18-19-33(31)36/h10-11,13,18-19,22,24,30,32H,6,12,14-17,20-21,36H2,1-5,7-9H3,(H,38,39)/b13-10-,27-11+,37-34+. The number of anilines is 1. The molecule has 0 amide bonds. The Labute approximate surface area is 238 Å². The molecule has 0 bridgehead atoms. The Kier molecular flexibility index (Phi) is 10.6. The predicted octanol–water partition coefficient (Wildman–Crippen LogP) is 9.02. The van der Waals surface area contributed by atoms with Gasteiger partial charge in [0.15, 0.2) is 0 Å². The fraction of sp³-hybridized carbons (Fsp3) is 0.543. The van der Waals surface area contributed by atoms with Gasteiger partial charge in [0.25, 0.3) is 0 Å². The number of fused-ring (bicyclic) bond motifs is 2. The molecule has 1 aromatic carbocycles. The molecule has 0 radical (unpaired) electrons. The van der Waals surface area contributed by atoms with Crippen molar-refractivity contribution in [1.29, 1.82) is 0 Å². The highest BCUT2D eigenvalue weighted by Crippen LogP contribution is 2.55. The summed E-state index contributed by atoms with van der Waals surface area (Å²) in [6.45, 7) is 19.6. The van der Waals surface area contributed by atoms with Crippen LogP contribution in [0, 0.1) is 17.3 Å². The van der Waals surface area contributed by atoms with Crippen molar-refractivity contribution < 1.29 is 0 Å². The van der Waals surface area contributed by atoms with E-state index in [0.29, 0.717) is 17.8 Å². The van der Waals surface area contributed by atoms with Crippen LogP contribution in [0.1, 0.15) is 110 Å². The Morgan fingerprint density at radius 1 is 1.21 bits per heavy atom. The molecule has 4 unspecified atom stereocenters. The van der Waals surface area contributed by atoms with Crippen LogP contribution in [-0.2, 0) is 6.42 Å². The third-order valence-corrected chi connectivity index (χ3v) is 9.01. The van der Waals surface area contributed by atoms with Gasteiger partial charge >= 0.3 is 0 Å². The smallest absolute Gasteiger partial charge is 0.102 e. The van der Waals surface area contributed by atoms with Crippen molar-refractivity contribution >= 4 is 23.3 Å². The zero-order chi connectivity index (χ0) is 28.7. The van der Waals surface area contributed by atoms with E-state index < -0.39 is 0 Å². The van der Waals surface area contributed by atoms with Gasteiger partial charge in [-0.05, 0) is 120 Å². The van der Waals surface area contributed by atoms with Gasteiger partial charge in [0.05, 0.1) is 0 Å². The van der Waals surface area contributed by atoms with Crippen LogP contribution >= 0.6 is 0 Å². The molecule has 0 aromatic heterocycles. The van der Waals surface area contributed by atoms with Crippen molar-refractivity contribution in [3.63, 3.8) is 0 Å². The quantitative estimate of drug-likeness (QED) is 0.220. The molecule has 3 N–H and O–H groups in total. The van der Waals surface area contributed by atoms with Gasteiger partial charge in [-0.15, -0.1) is 0 Å². The molecule has 2 aliphatic rings. The Balaban J connectivity index is 1.91. The zero-order valence-corrected chi connectivity index (χ0v) is 25.8. The van der Waals surface area contributed by atoms with Crippen molar-refractivity contribution in [3.8, 4) is 0 Å². The molecular weight excluding hydrogens is 476 g/mol. The normalized spacial score (nSPS) is 27.9. The zero-order valence-electron chi connectivity index (χ0n) is 25.8. The predicted molar refractivity (Wildman–Crippen MR) is 172 cm³/mol. The van der Waals surface area contributed by atoms with Gasteiger partial charge in [0.2, 0.25) is 0 Å². The number of hydrogen-bond donors (Lipinski definition) is 2. The van der Waals surface area contributed by atoms with E-state index in [4.69, 9.17) is 10.7 Å². The SMILES string of the molecule is C=C(CCC1C(=C\C)/C(=N\C)C2(C)CCC(C)c3ccc(N)c(/C=C\C)c3CCCC12)N/C(C)=N/C=C(C)C. The number of rotatable bonds is 6. The van der Waals surface area contributed by atoms with Gasteiger partial charge in [0, 0.05) is 41.3 Å². The molecule has 39 heavy (non-hydrogen) atoms. The molecule has 0 spiro atoms. The fourth-order valence-electron chi connectivity index (χ4n) is 7.14.